The highest BCUT2D eigenvalue weighted by Gasteiger charge is 2.55. The van der Waals surface area contributed by atoms with E-state index in [1.54, 1.807) is 0 Å². The van der Waals surface area contributed by atoms with Crippen LogP contribution in [0.4, 0.5) is 0 Å². The van der Waals surface area contributed by atoms with E-state index in [0.717, 1.165) is 13.8 Å². The fourth-order valence-corrected chi connectivity index (χ4v) is 7.58. The molecule has 0 aromatic carbocycles. The zero-order chi connectivity index (χ0) is 45.2. The maximum atomic E-state index is 12.5. The number of hydrogen-bond donors (Lipinski definition) is 16. The fraction of sp³-hybridized carbons (Fsp3) is 0.941. The minimum absolute atomic E-state index is 0.676. The first kappa shape index (κ1) is 50.0. The van der Waals surface area contributed by atoms with Gasteiger partial charge >= 0.3 is 0 Å². The van der Waals surface area contributed by atoms with Gasteiger partial charge < -0.3 is 125 Å². The topological polar surface area (TPSA) is 424 Å². The van der Waals surface area contributed by atoms with E-state index in [0.29, 0.717) is 0 Å². The molecule has 2 amide bonds. The lowest BCUT2D eigenvalue weighted by Gasteiger charge is -2.49. The van der Waals surface area contributed by atoms with Crippen LogP contribution in [0.15, 0.2) is 0 Å². The van der Waals surface area contributed by atoms with Crippen molar-refractivity contribution in [2.45, 2.75) is 174 Å². The van der Waals surface area contributed by atoms with Crippen LogP contribution < -0.4 is 10.6 Å². The van der Waals surface area contributed by atoms with E-state index in [-0.39, 0.29) is 0 Å². The molecule has 25 atom stereocenters. The average Bonchev–Trinajstić information content (AvgIpc) is 3.21. The Morgan fingerprint density at radius 3 is 1.46 bits per heavy atom. The van der Waals surface area contributed by atoms with Crippen LogP contribution in [0.1, 0.15) is 20.8 Å². The average molecular weight is 895 g/mol. The van der Waals surface area contributed by atoms with Crippen molar-refractivity contribution in [3.63, 3.8) is 0 Å². The highest BCUT2D eigenvalue weighted by Crippen LogP contribution is 2.34. The molecule has 0 aliphatic carbocycles. The molecule has 27 nitrogen and oxygen atoms in total. The second-order valence-corrected chi connectivity index (χ2v) is 15.5. The minimum Gasteiger partial charge on any atom is -0.394 e. The van der Waals surface area contributed by atoms with Gasteiger partial charge in [0.05, 0.1) is 32.5 Å². The molecule has 27 heteroatoms. The van der Waals surface area contributed by atoms with Crippen molar-refractivity contribution in [1.29, 1.82) is 0 Å². The monoisotopic (exact) mass is 894 g/mol. The number of hydrogen-bond acceptors (Lipinski definition) is 25. The summed E-state index contributed by atoms with van der Waals surface area (Å²) in [7, 11) is 0. The van der Waals surface area contributed by atoms with Gasteiger partial charge in [-0.25, -0.2) is 0 Å². The highest BCUT2D eigenvalue weighted by molar-refractivity contribution is 5.73. The van der Waals surface area contributed by atoms with Crippen LogP contribution in [0.3, 0.4) is 0 Å². The molecule has 354 valence electrons. The number of aliphatic hydroxyl groups is 14. The summed E-state index contributed by atoms with van der Waals surface area (Å²) in [5, 5.41) is 152. The molecule has 0 radical (unpaired) electrons. The molecular weight excluding hydrogens is 836 g/mol. The van der Waals surface area contributed by atoms with Crippen molar-refractivity contribution in [2.24, 2.45) is 0 Å². The summed E-state index contributed by atoms with van der Waals surface area (Å²) in [4.78, 5) is 24.5. The quantitative estimate of drug-likeness (QED) is 0.0770. The lowest BCUT2D eigenvalue weighted by atomic mass is 9.94. The first-order valence-corrected chi connectivity index (χ1v) is 19.4. The molecule has 0 spiro atoms. The predicted molar refractivity (Wildman–Crippen MR) is 188 cm³/mol. The van der Waals surface area contributed by atoms with E-state index in [1.807, 2.05) is 0 Å². The van der Waals surface area contributed by atoms with Gasteiger partial charge in [-0.2, -0.15) is 0 Å². The third-order valence-electron chi connectivity index (χ3n) is 11.0. The summed E-state index contributed by atoms with van der Waals surface area (Å²) in [5.74, 6) is -1.50. The molecule has 16 N–H and O–H groups in total. The lowest BCUT2D eigenvalue weighted by Crippen LogP contribution is -2.70. The summed E-state index contributed by atoms with van der Waals surface area (Å²) < 4.78 is 50.8. The molecule has 5 fully saturated rings. The summed E-state index contributed by atoms with van der Waals surface area (Å²) >= 11 is 0. The molecule has 5 aliphatic rings. The van der Waals surface area contributed by atoms with E-state index in [1.165, 1.54) is 6.92 Å². The van der Waals surface area contributed by atoms with Gasteiger partial charge in [-0.05, 0) is 6.92 Å². The summed E-state index contributed by atoms with van der Waals surface area (Å²) in [6.07, 6.45) is -39.7. The second-order valence-electron chi connectivity index (χ2n) is 15.5. The smallest absolute Gasteiger partial charge is 0.217 e. The SMILES string of the molecule is CC(=O)N[C@@H]1[C@@H](O)[C@H](OC2O[C@H](CO)[C@@H](OC3O[C@H](COC4O[C@H](CO)[C@@H](O)[C@H](O)[C@@H]4O)[C@@H](O)[C@H](O)[C@@H]3O)[C@H](O)[C@H]2NC(C)=O)[C@@H](CO[C@@H]2O[C@@H](C)[C@@H](O)[C@@H](O)[C@@H]2O)O[C@H]1O. The third kappa shape index (κ3) is 11.1. The van der Waals surface area contributed by atoms with E-state index in [9.17, 15) is 81.1 Å². The minimum atomic E-state index is -2.05. The Balaban J connectivity index is 1.33. The van der Waals surface area contributed by atoms with Gasteiger partial charge in [0, 0.05) is 13.8 Å². The number of ether oxygens (including phenoxy) is 9. The van der Waals surface area contributed by atoms with Gasteiger partial charge in [0.25, 0.3) is 0 Å². The molecule has 0 aromatic rings. The highest BCUT2D eigenvalue weighted by atomic mass is 16.8. The lowest BCUT2D eigenvalue weighted by molar-refractivity contribution is -0.367. The van der Waals surface area contributed by atoms with Gasteiger partial charge in [-0.3, -0.25) is 9.59 Å². The van der Waals surface area contributed by atoms with Crippen LogP contribution in [0.25, 0.3) is 0 Å². The fourth-order valence-electron chi connectivity index (χ4n) is 7.58. The van der Waals surface area contributed by atoms with Crippen molar-refractivity contribution >= 4 is 11.8 Å². The Hall–Kier alpha value is -1.98. The second kappa shape index (κ2) is 21.3. The van der Waals surface area contributed by atoms with Crippen molar-refractivity contribution in [2.75, 3.05) is 26.4 Å². The number of carbonyl (C=O) groups is 2. The van der Waals surface area contributed by atoms with Gasteiger partial charge in [0.2, 0.25) is 11.8 Å². The molecule has 61 heavy (non-hydrogen) atoms. The van der Waals surface area contributed by atoms with Crippen molar-refractivity contribution in [3.8, 4) is 0 Å². The number of rotatable bonds is 14. The standard InChI is InChI=1S/C34H58N2O25/c1-8-17(41)22(46)25(49)32(55-8)54-7-14-29(20(44)15(30(52)56-14)35-9(2)39)60-31-16(36-10(3)40)21(45)28(12(5-38)58-31)61-34-27(51)24(48)19(43)13(59-34)6-53-33-26(50)23(47)18(42)11(4-37)57-33/h8,11-34,37-38,41-52H,4-7H2,1-3H3,(H,35,39)(H,36,40)/t8-,11+,12+,13+,14+,15+,16+,17+,18+,19+,20+,21+,22+,23-,24-,25-,26-,27-,28+,29+,30+,31?,32+,33?,34?/m0/s1. The maximum absolute atomic E-state index is 12.5. The normalized spacial score (nSPS) is 49.6. The molecule has 0 aromatic heterocycles. The zero-order valence-electron chi connectivity index (χ0n) is 33.0. The molecular formula is C34H58N2O25. The molecule has 5 saturated heterocycles. The van der Waals surface area contributed by atoms with Crippen LogP contribution >= 0.6 is 0 Å². The largest absolute Gasteiger partial charge is 0.394 e. The molecule has 3 unspecified atom stereocenters. The van der Waals surface area contributed by atoms with Crippen LogP contribution in [0, 0.1) is 0 Å². The first-order valence-electron chi connectivity index (χ1n) is 19.4. The van der Waals surface area contributed by atoms with E-state index >= 15 is 0 Å². The molecule has 5 rings (SSSR count). The molecule has 5 heterocycles. The Morgan fingerprint density at radius 2 is 0.885 bits per heavy atom. The Bertz CT molecular complexity index is 1420. The van der Waals surface area contributed by atoms with Crippen LogP contribution in [-0.2, 0) is 52.2 Å². The van der Waals surface area contributed by atoms with Gasteiger partial charge in [0.15, 0.2) is 31.5 Å². The molecule has 0 bridgehead atoms. The molecule has 0 saturated carbocycles. The summed E-state index contributed by atoms with van der Waals surface area (Å²) in [5.41, 5.74) is 0. The summed E-state index contributed by atoms with van der Waals surface area (Å²) in [6, 6.07) is -3.23. The number of aliphatic hydroxyl groups excluding tert-OH is 14. The van der Waals surface area contributed by atoms with Crippen LogP contribution in [0.2, 0.25) is 0 Å². The van der Waals surface area contributed by atoms with Crippen molar-refractivity contribution < 1.29 is 124 Å². The number of carbonyl (C=O) groups excluding carboxylic acids is 2. The first-order chi connectivity index (χ1) is 28.7. The number of nitrogens with one attached hydrogen (secondary N) is 2. The molecule has 5 aliphatic heterocycles. The Kier molecular flexibility index (Phi) is 17.5. The van der Waals surface area contributed by atoms with Crippen LogP contribution in [-0.4, -0.2) is 263 Å². The van der Waals surface area contributed by atoms with E-state index in [4.69, 9.17) is 42.6 Å². The Labute approximate surface area is 346 Å². The zero-order valence-corrected chi connectivity index (χ0v) is 33.0. The van der Waals surface area contributed by atoms with E-state index < -0.39 is 192 Å². The third-order valence-corrected chi connectivity index (χ3v) is 11.0. The van der Waals surface area contributed by atoms with Gasteiger partial charge in [0.1, 0.15) is 116 Å². The maximum Gasteiger partial charge on any atom is 0.217 e. The van der Waals surface area contributed by atoms with Crippen LogP contribution in [0.5, 0.6) is 0 Å². The predicted octanol–water partition coefficient (Wildman–Crippen LogP) is -10.6. The number of amides is 2. The van der Waals surface area contributed by atoms with Crippen molar-refractivity contribution in [1.82, 2.24) is 10.6 Å². The van der Waals surface area contributed by atoms with E-state index in [2.05, 4.69) is 10.6 Å². The van der Waals surface area contributed by atoms with Crippen molar-refractivity contribution in [3.05, 3.63) is 0 Å². The van der Waals surface area contributed by atoms with Gasteiger partial charge in [-0.15, -0.1) is 0 Å². The van der Waals surface area contributed by atoms with Gasteiger partial charge in [-0.1, -0.05) is 0 Å². The Morgan fingerprint density at radius 1 is 0.459 bits per heavy atom. The summed E-state index contributed by atoms with van der Waals surface area (Å²) in [6.45, 7) is 0.353.